The molecule has 1 saturated heterocycles. The molecular formula is C15H25NO4S. The van der Waals surface area contributed by atoms with Gasteiger partial charge in [0.2, 0.25) is 10.0 Å². The minimum atomic E-state index is -3.59. The topological polar surface area (TPSA) is 70.8 Å². The second-order valence-corrected chi connectivity index (χ2v) is 8.12. The summed E-state index contributed by atoms with van der Waals surface area (Å²) in [5.41, 5.74) is 0.615. The second kappa shape index (κ2) is 5.74. The normalized spacial score (nSPS) is 19.9. The van der Waals surface area contributed by atoms with Crippen molar-refractivity contribution < 1.29 is 17.9 Å². The first kappa shape index (κ1) is 16.5. The summed E-state index contributed by atoms with van der Waals surface area (Å²) >= 11 is 0. The van der Waals surface area contributed by atoms with Gasteiger partial charge < -0.3 is 9.52 Å². The Labute approximate surface area is 127 Å². The minimum absolute atomic E-state index is 0.155. The first-order valence-corrected chi connectivity index (χ1v) is 8.89. The van der Waals surface area contributed by atoms with Crippen molar-refractivity contribution in [2.75, 3.05) is 13.1 Å². The van der Waals surface area contributed by atoms with Crippen LogP contribution in [0, 0.1) is 19.3 Å². The molecule has 2 heterocycles. The van der Waals surface area contributed by atoms with Gasteiger partial charge in [0, 0.05) is 18.7 Å². The van der Waals surface area contributed by atoms with Crippen LogP contribution >= 0.6 is 0 Å². The molecule has 6 heteroatoms. The molecule has 0 aliphatic carbocycles. The van der Waals surface area contributed by atoms with Crippen molar-refractivity contribution in [2.24, 2.45) is 5.41 Å². The van der Waals surface area contributed by atoms with Crippen molar-refractivity contribution in [3.63, 3.8) is 0 Å². The molecule has 5 nitrogen and oxygen atoms in total. The molecule has 0 bridgehead atoms. The standard InChI is InChI=1S/C15H25NO4S/c1-5-15(4)6-8-16(9-7-15)21(18,19)14-12(3)20-11(2)13(14)10-17/h17H,5-10H2,1-4H3. The maximum Gasteiger partial charge on any atom is 0.246 e. The van der Waals surface area contributed by atoms with E-state index < -0.39 is 10.0 Å². The number of aliphatic hydroxyl groups excluding tert-OH is 1. The summed E-state index contributed by atoms with van der Waals surface area (Å²) in [6, 6.07) is 0. The predicted molar refractivity (Wildman–Crippen MR) is 80.5 cm³/mol. The van der Waals surface area contributed by atoms with Crippen molar-refractivity contribution in [3.05, 3.63) is 17.1 Å². The highest BCUT2D eigenvalue weighted by Gasteiger charge is 2.37. The molecule has 1 aliphatic heterocycles. The number of hydrogen-bond donors (Lipinski definition) is 1. The molecule has 1 N–H and O–H groups in total. The Hall–Kier alpha value is -0.850. The number of rotatable bonds is 4. The van der Waals surface area contributed by atoms with E-state index in [2.05, 4.69) is 13.8 Å². The number of sulfonamides is 1. The Morgan fingerprint density at radius 2 is 1.81 bits per heavy atom. The molecule has 21 heavy (non-hydrogen) atoms. The highest BCUT2D eigenvalue weighted by atomic mass is 32.2. The lowest BCUT2D eigenvalue weighted by Crippen LogP contribution is -2.42. The van der Waals surface area contributed by atoms with Crippen LogP contribution in [0.5, 0.6) is 0 Å². The fraction of sp³-hybridized carbons (Fsp3) is 0.733. The average Bonchev–Trinajstić information content (AvgIpc) is 2.73. The third-order valence-corrected chi connectivity index (χ3v) is 6.96. The van der Waals surface area contributed by atoms with Crippen LogP contribution in [0.3, 0.4) is 0 Å². The molecular weight excluding hydrogens is 290 g/mol. The summed E-state index contributed by atoms with van der Waals surface area (Å²) < 4.78 is 32.6. The molecule has 0 amide bonds. The average molecular weight is 315 g/mol. The molecule has 2 rings (SSSR count). The lowest BCUT2D eigenvalue weighted by Gasteiger charge is -2.38. The van der Waals surface area contributed by atoms with E-state index in [4.69, 9.17) is 4.42 Å². The van der Waals surface area contributed by atoms with Crippen LogP contribution in [0.25, 0.3) is 0 Å². The molecule has 0 unspecified atom stereocenters. The predicted octanol–water partition coefficient (Wildman–Crippen LogP) is 2.59. The maximum atomic E-state index is 12.9. The Morgan fingerprint density at radius 3 is 2.29 bits per heavy atom. The summed E-state index contributed by atoms with van der Waals surface area (Å²) in [6.07, 6.45) is 2.80. The molecule has 1 aromatic heterocycles. The summed E-state index contributed by atoms with van der Waals surface area (Å²) in [5.74, 6) is 0.837. The molecule has 0 atom stereocenters. The van der Waals surface area contributed by atoms with Gasteiger partial charge >= 0.3 is 0 Å². The van der Waals surface area contributed by atoms with E-state index in [0.29, 0.717) is 30.2 Å². The lowest BCUT2D eigenvalue weighted by molar-refractivity contribution is 0.168. The number of aryl methyl sites for hydroxylation is 2. The van der Waals surface area contributed by atoms with E-state index in [1.165, 1.54) is 4.31 Å². The fourth-order valence-electron chi connectivity index (χ4n) is 2.98. The molecule has 0 radical (unpaired) electrons. The zero-order chi connectivity index (χ0) is 15.8. The largest absolute Gasteiger partial charge is 0.465 e. The van der Waals surface area contributed by atoms with Gasteiger partial charge in [-0.25, -0.2) is 8.42 Å². The molecule has 1 aliphatic rings. The van der Waals surface area contributed by atoms with Crippen molar-refractivity contribution >= 4 is 10.0 Å². The van der Waals surface area contributed by atoms with Crippen LogP contribution < -0.4 is 0 Å². The Balaban J connectivity index is 2.32. The molecule has 0 aromatic carbocycles. The Bertz CT molecular complexity index is 610. The summed E-state index contributed by atoms with van der Waals surface area (Å²) in [6.45, 7) is 8.42. The van der Waals surface area contributed by atoms with Gasteiger partial charge in [0.05, 0.1) is 6.61 Å². The number of aliphatic hydroxyl groups is 1. The number of furan rings is 1. The summed E-state index contributed by atoms with van der Waals surface area (Å²) in [7, 11) is -3.59. The van der Waals surface area contributed by atoms with Crippen molar-refractivity contribution in [3.8, 4) is 0 Å². The Morgan fingerprint density at radius 1 is 1.24 bits per heavy atom. The second-order valence-electron chi connectivity index (χ2n) is 6.25. The summed E-state index contributed by atoms with van der Waals surface area (Å²) in [5, 5.41) is 9.45. The monoisotopic (exact) mass is 315 g/mol. The van der Waals surface area contributed by atoms with Gasteiger partial charge in [0.1, 0.15) is 16.4 Å². The zero-order valence-electron chi connectivity index (χ0n) is 13.3. The van der Waals surface area contributed by atoms with Crippen molar-refractivity contribution in [1.82, 2.24) is 4.31 Å². The van der Waals surface area contributed by atoms with Crippen molar-refractivity contribution in [1.29, 1.82) is 0 Å². The lowest BCUT2D eigenvalue weighted by atomic mass is 9.79. The van der Waals surface area contributed by atoms with E-state index in [0.717, 1.165) is 19.3 Å². The van der Waals surface area contributed by atoms with Crippen LogP contribution in [0.1, 0.15) is 50.2 Å². The van der Waals surface area contributed by atoms with Crippen LogP contribution in [-0.2, 0) is 16.6 Å². The first-order valence-electron chi connectivity index (χ1n) is 7.45. The summed E-state index contributed by atoms with van der Waals surface area (Å²) in [4.78, 5) is 0.155. The van der Waals surface area contributed by atoms with Gasteiger partial charge in [-0.05, 0) is 32.1 Å². The van der Waals surface area contributed by atoms with Gasteiger partial charge in [0.25, 0.3) is 0 Å². The minimum Gasteiger partial charge on any atom is -0.465 e. The van der Waals surface area contributed by atoms with Gasteiger partial charge in [-0.15, -0.1) is 0 Å². The van der Waals surface area contributed by atoms with Crippen LogP contribution in [-0.4, -0.2) is 30.9 Å². The third kappa shape index (κ3) is 2.89. The van der Waals surface area contributed by atoms with E-state index in [-0.39, 0.29) is 16.9 Å². The van der Waals surface area contributed by atoms with Crippen molar-refractivity contribution in [2.45, 2.75) is 58.5 Å². The zero-order valence-corrected chi connectivity index (χ0v) is 14.1. The van der Waals surface area contributed by atoms with E-state index in [9.17, 15) is 13.5 Å². The van der Waals surface area contributed by atoms with Gasteiger partial charge in [-0.2, -0.15) is 4.31 Å². The van der Waals surface area contributed by atoms with Gasteiger partial charge in [-0.1, -0.05) is 20.3 Å². The molecule has 0 spiro atoms. The van der Waals surface area contributed by atoms with Crippen LogP contribution in [0.4, 0.5) is 0 Å². The van der Waals surface area contributed by atoms with Crippen LogP contribution in [0.2, 0.25) is 0 Å². The smallest absolute Gasteiger partial charge is 0.246 e. The molecule has 1 aromatic rings. The van der Waals surface area contributed by atoms with Gasteiger partial charge in [-0.3, -0.25) is 0 Å². The molecule has 120 valence electrons. The SMILES string of the molecule is CCC1(C)CCN(S(=O)(=O)c2c(C)oc(C)c2CO)CC1. The molecule has 1 fully saturated rings. The number of hydrogen-bond acceptors (Lipinski definition) is 4. The highest BCUT2D eigenvalue weighted by Crippen LogP contribution is 2.37. The Kier molecular flexibility index (Phi) is 4.52. The first-order chi connectivity index (χ1) is 9.75. The van der Waals surface area contributed by atoms with E-state index in [1.54, 1.807) is 13.8 Å². The quantitative estimate of drug-likeness (QED) is 0.927. The maximum absolute atomic E-state index is 12.9. The third-order valence-electron chi connectivity index (χ3n) is 4.86. The number of nitrogens with zero attached hydrogens (tertiary/aromatic N) is 1. The molecule has 0 saturated carbocycles. The highest BCUT2D eigenvalue weighted by molar-refractivity contribution is 7.89. The van der Waals surface area contributed by atoms with E-state index in [1.807, 2.05) is 0 Å². The van der Waals surface area contributed by atoms with Crippen LogP contribution in [0.15, 0.2) is 9.31 Å². The van der Waals surface area contributed by atoms with Gasteiger partial charge in [0.15, 0.2) is 0 Å². The number of piperidine rings is 1. The van der Waals surface area contributed by atoms with E-state index >= 15 is 0 Å². The fourth-order valence-corrected chi connectivity index (χ4v) is 4.83.